The molecule has 1 fully saturated rings. The third-order valence-corrected chi connectivity index (χ3v) is 4.98. The van der Waals surface area contributed by atoms with Crippen LogP contribution in [0.3, 0.4) is 0 Å². The molecule has 1 aliphatic carbocycles. The van der Waals surface area contributed by atoms with E-state index < -0.39 is 6.61 Å². The highest BCUT2D eigenvalue weighted by Crippen LogP contribution is 2.30. The van der Waals surface area contributed by atoms with Crippen molar-refractivity contribution in [2.24, 2.45) is 0 Å². The standard InChI is InChI=1S/C20H30F2N2O3/c1-4-24(16-8-6-5-7-9-16)19(25)14-23(2)13-15-10-11-17(27-20(21)22)18(12-15)26-3/h10-12,16,20H,4-9,13-14H2,1-3H3. The predicted molar refractivity (Wildman–Crippen MR) is 100 cm³/mol. The summed E-state index contributed by atoms with van der Waals surface area (Å²) in [5, 5.41) is 0. The van der Waals surface area contributed by atoms with Crippen LogP contribution >= 0.6 is 0 Å². The molecule has 1 aliphatic rings. The lowest BCUT2D eigenvalue weighted by atomic mass is 9.94. The zero-order chi connectivity index (χ0) is 19.8. The summed E-state index contributed by atoms with van der Waals surface area (Å²) in [6, 6.07) is 5.20. The molecular weight excluding hydrogens is 354 g/mol. The average molecular weight is 384 g/mol. The van der Waals surface area contributed by atoms with Crippen molar-refractivity contribution in [3.63, 3.8) is 0 Å². The molecule has 152 valence electrons. The van der Waals surface area contributed by atoms with E-state index in [9.17, 15) is 13.6 Å². The maximum Gasteiger partial charge on any atom is 0.387 e. The van der Waals surface area contributed by atoms with Gasteiger partial charge >= 0.3 is 6.61 Å². The lowest BCUT2D eigenvalue weighted by Crippen LogP contribution is -2.45. The molecule has 7 heteroatoms. The highest BCUT2D eigenvalue weighted by atomic mass is 19.3. The highest BCUT2D eigenvalue weighted by Gasteiger charge is 2.24. The van der Waals surface area contributed by atoms with Gasteiger partial charge in [0.15, 0.2) is 11.5 Å². The van der Waals surface area contributed by atoms with Crippen molar-refractivity contribution in [2.45, 2.75) is 58.2 Å². The molecule has 0 unspecified atom stereocenters. The third kappa shape index (κ3) is 6.34. The van der Waals surface area contributed by atoms with Gasteiger partial charge in [0.2, 0.25) is 5.91 Å². The van der Waals surface area contributed by atoms with E-state index in [1.807, 2.05) is 23.8 Å². The monoisotopic (exact) mass is 384 g/mol. The number of ether oxygens (including phenoxy) is 2. The Balaban J connectivity index is 1.95. The van der Waals surface area contributed by atoms with Crippen molar-refractivity contribution in [3.8, 4) is 11.5 Å². The molecule has 1 aromatic rings. The molecule has 0 spiro atoms. The Morgan fingerprint density at radius 2 is 1.93 bits per heavy atom. The summed E-state index contributed by atoms with van der Waals surface area (Å²) in [6.45, 7) is 0.690. The molecule has 0 atom stereocenters. The molecule has 2 rings (SSSR count). The molecule has 0 radical (unpaired) electrons. The second kappa shape index (κ2) is 10.4. The van der Waals surface area contributed by atoms with Gasteiger partial charge in [0.1, 0.15) is 0 Å². The van der Waals surface area contributed by atoms with Crippen molar-refractivity contribution in [1.29, 1.82) is 0 Å². The number of likely N-dealkylation sites (N-methyl/N-ethyl adjacent to an activating group) is 2. The van der Waals surface area contributed by atoms with Gasteiger partial charge in [-0.2, -0.15) is 8.78 Å². The SMILES string of the molecule is CCN(C(=O)CN(C)Cc1ccc(OC(F)F)c(OC)c1)C1CCCCC1. The van der Waals surface area contributed by atoms with Crippen molar-refractivity contribution in [3.05, 3.63) is 23.8 Å². The van der Waals surface area contributed by atoms with E-state index in [1.54, 1.807) is 12.1 Å². The molecule has 1 aromatic carbocycles. The minimum absolute atomic E-state index is 0.00411. The molecule has 0 bridgehead atoms. The Hall–Kier alpha value is -1.89. The molecule has 0 heterocycles. The van der Waals surface area contributed by atoms with Crippen molar-refractivity contribution in [1.82, 2.24) is 9.80 Å². The van der Waals surface area contributed by atoms with Gasteiger partial charge in [-0.3, -0.25) is 9.69 Å². The Morgan fingerprint density at radius 1 is 1.22 bits per heavy atom. The lowest BCUT2D eigenvalue weighted by Gasteiger charge is -2.34. The number of methoxy groups -OCH3 is 1. The molecule has 0 aliphatic heterocycles. The summed E-state index contributed by atoms with van der Waals surface area (Å²) >= 11 is 0. The summed E-state index contributed by atoms with van der Waals surface area (Å²) < 4.78 is 34.4. The van der Waals surface area contributed by atoms with Crippen LogP contribution in [0.25, 0.3) is 0 Å². The highest BCUT2D eigenvalue weighted by molar-refractivity contribution is 5.78. The van der Waals surface area contributed by atoms with Crippen LogP contribution in [0.5, 0.6) is 11.5 Å². The fourth-order valence-electron chi connectivity index (χ4n) is 3.72. The van der Waals surface area contributed by atoms with Crippen LogP contribution in [-0.4, -0.2) is 55.6 Å². The summed E-state index contributed by atoms with van der Waals surface area (Å²) in [7, 11) is 3.29. The van der Waals surface area contributed by atoms with E-state index in [4.69, 9.17) is 4.74 Å². The number of rotatable bonds is 9. The fraction of sp³-hybridized carbons (Fsp3) is 0.650. The topological polar surface area (TPSA) is 42.0 Å². The second-order valence-corrected chi connectivity index (χ2v) is 7.01. The number of hydrogen-bond donors (Lipinski definition) is 0. The van der Waals surface area contributed by atoms with E-state index in [2.05, 4.69) is 4.74 Å². The summed E-state index contributed by atoms with van der Waals surface area (Å²) in [5.74, 6) is 0.394. The fourth-order valence-corrected chi connectivity index (χ4v) is 3.72. The molecule has 27 heavy (non-hydrogen) atoms. The summed E-state index contributed by atoms with van der Waals surface area (Å²) in [5.41, 5.74) is 0.865. The van der Waals surface area contributed by atoms with E-state index in [0.29, 0.717) is 19.1 Å². The van der Waals surface area contributed by atoms with Crippen LogP contribution < -0.4 is 9.47 Å². The van der Waals surface area contributed by atoms with Crippen LogP contribution in [-0.2, 0) is 11.3 Å². The number of carbonyl (C=O) groups excluding carboxylic acids is 1. The van der Waals surface area contributed by atoms with E-state index in [1.165, 1.54) is 32.4 Å². The Morgan fingerprint density at radius 3 is 2.52 bits per heavy atom. The minimum Gasteiger partial charge on any atom is -0.493 e. The average Bonchev–Trinajstić information content (AvgIpc) is 2.64. The van der Waals surface area contributed by atoms with Crippen LogP contribution in [0, 0.1) is 0 Å². The number of amides is 1. The van der Waals surface area contributed by atoms with Gasteiger partial charge in [-0.1, -0.05) is 25.3 Å². The summed E-state index contributed by atoms with van der Waals surface area (Å²) in [4.78, 5) is 16.7. The zero-order valence-electron chi connectivity index (χ0n) is 16.4. The molecule has 0 saturated heterocycles. The Bertz CT molecular complexity index is 607. The number of benzene rings is 1. The zero-order valence-corrected chi connectivity index (χ0v) is 16.4. The smallest absolute Gasteiger partial charge is 0.387 e. The Labute approximate surface area is 160 Å². The van der Waals surface area contributed by atoms with Crippen molar-refractivity contribution < 1.29 is 23.0 Å². The normalized spacial score (nSPS) is 15.2. The molecule has 1 saturated carbocycles. The van der Waals surface area contributed by atoms with Gasteiger partial charge in [-0.15, -0.1) is 0 Å². The van der Waals surface area contributed by atoms with E-state index in [0.717, 1.165) is 24.9 Å². The quantitative estimate of drug-likeness (QED) is 0.647. The number of carbonyl (C=O) groups is 1. The van der Waals surface area contributed by atoms with Crippen LogP contribution in [0.2, 0.25) is 0 Å². The first-order chi connectivity index (χ1) is 12.9. The van der Waals surface area contributed by atoms with Gasteiger partial charge < -0.3 is 14.4 Å². The van der Waals surface area contributed by atoms with Crippen molar-refractivity contribution >= 4 is 5.91 Å². The minimum atomic E-state index is -2.90. The number of hydrogen-bond acceptors (Lipinski definition) is 4. The van der Waals surface area contributed by atoms with Gasteiger partial charge in [0.25, 0.3) is 0 Å². The Kier molecular flexibility index (Phi) is 8.28. The van der Waals surface area contributed by atoms with Crippen LogP contribution in [0.1, 0.15) is 44.6 Å². The molecular formula is C20H30F2N2O3. The number of halogens is 2. The third-order valence-electron chi connectivity index (χ3n) is 4.98. The second-order valence-electron chi connectivity index (χ2n) is 7.01. The molecule has 1 amide bonds. The van der Waals surface area contributed by atoms with Crippen LogP contribution in [0.4, 0.5) is 8.78 Å². The first-order valence-electron chi connectivity index (χ1n) is 9.54. The van der Waals surface area contributed by atoms with E-state index in [-0.39, 0.29) is 17.4 Å². The predicted octanol–water partition coefficient (Wildman–Crippen LogP) is 3.91. The summed E-state index contributed by atoms with van der Waals surface area (Å²) in [6.07, 6.45) is 5.82. The van der Waals surface area contributed by atoms with Gasteiger partial charge in [-0.25, -0.2) is 0 Å². The number of alkyl halides is 2. The van der Waals surface area contributed by atoms with Crippen LogP contribution in [0.15, 0.2) is 18.2 Å². The first kappa shape index (κ1) is 21.4. The maximum atomic E-state index is 12.7. The van der Waals surface area contributed by atoms with E-state index >= 15 is 0 Å². The first-order valence-corrected chi connectivity index (χ1v) is 9.54. The maximum absolute atomic E-state index is 12.7. The molecule has 5 nitrogen and oxygen atoms in total. The van der Waals surface area contributed by atoms with Gasteiger partial charge in [0.05, 0.1) is 13.7 Å². The molecule has 0 aromatic heterocycles. The lowest BCUT2D eigenvalue weighted by molar-refractivity contribution is -0.135. The van der Waals surface area contributed by atoms with Crippen molar-refractivity contribution in [2.75, 3.05) is 27.2 Å². The van der Waals surface area contributed by atoms with Gasteiger partial charge in [0, 0.05) is 19.1 Å². The van der Waals surface area contributed by atoms with Gasteiger partial charge in [-0.05, 0) is 44.5 Å². The largest absolute Gasteiger partial charge is 0.493 e. The molecule has 0 N–H and O–H groups in total. The number of nitrogens with zero attached hydrogens (tertiary/aromatic N) is 2.